The summed E-state index contributed by atoms with van der Waals surface area (Å²) in [6.45, 7) is 0.405. The Morgan fingerprint density at radius 1 is 1.21 bits per heavy atom. The molecule has 0 saturated carbocycles. The molecule has 1 N–H and O–H groups in total. The zero-order valence-electron chi connectivity index (χ0n) is 15.7. The number of carbonyl (C=O) groups is 1. The number of hydrogen-bond acceptors (Lipinski definition) is 3. The molecule has 4 rings (SSSR count). The Labute approximate surface area is 163 Å². The molecule has 2 amide bonds. The fourth-order valence-corrected chi connectivity index (χ4v) is 3.74. The molecular formula is C22H22N4O2. The summed E-state index contributed by atoms with van der Waals surface area (Å²) in [5, 5.41) is 2.97. The predicted molar refractivity (Wildman–Crippen MR) is 108 cm³/mol. The fourth-order valence-electron chi connectivity index (χ4n) is 3.74. The SMILES string of the molecule is CN(C(=O)Nc1cccc(Cn2cccnc2=O)c1)[C@@H]1CCc2ccccc21. The number of rotatable bonds is 4. The van der Waals surface area contributed by atoms with Crippen molar-refractivity contribution >= 4 is 11.7 Å². The summed E-state index contributed by atoms with van der Waals surface area (Å²) in [5.74, 6) is 0. The lowest BCUT2D eigenvalue weighted by Gasteiger charge is -2.26. The lowest BCUT2D eigenvalue weighted by atomic mass is 10.1. The molecule has 0 unspecified atom stereocenters. The van der Waals surface area contributed by atoms with Crippen LogP contribution in [-0.2, 0) is 13.0 Å². The Hall–Kier alpha value is -3.41. The van der Waals surface area contributed by atoms with Crippen molar-refractivity contribution < 1.29 is 4.79 Å². The molecular weight excluding hydrogens is 352 g/mol. The van der Waals surface area contributed by atoms with Crippen LogP contribution in [0.15, 0.2) is 71.8 Å². The Bertz CT molecular complexity index is 1060. The zero-order chi connectivity index (χ0) is 19.5. The molecule has 0 aliphatic heterocycles. The first kappa shape index (κ1) is 18.0. The van der Waals surface area contributed by atoms with Crippen LogP contribution in [0, 0.1) is 0 Å². The summed E-state index contributed by atoms with van der Waals surface area (Å²) in [6.07, 6.45) is 5.11. The Morgan fingerprint density at radius 2 is 2.07 bits per heavy atom. The molecule has 2 aromatic carbocycles. The van der Waals surface area contributed by atoms with Gasteiger partial charge in [0.15, 0.2) is 0 Å². The first-order chi connectivity index (χ1) is 13.6. The van der Waals surface area contributed by atoms with Crippen LogP contribution in [0.3, 0.4) is 0 Å². The van der Waals surface area contributed by atoms with Gasteiger partial charge in [0.05, 0.1) is 12.6 Å². The van der Waals surface area contributed by atoms with Gasteiger partial charge in [-0.2, -0.15) is 0 Å². The average molecular weight is 374 g/mol. The molecule has 0 saturated heterocycles. The quantitative estimate of drug-likeness (QED) is 0.761. The highest BCUT2D eigenvalue weighted by Gasteiger charge is 2.28. The number of anilines is 1. The zero-order valence-corrected chi connectivity index (χ0v) is 15.7. The van der Waals surface area contributed by atoms with E-state index in [0.29, 0.717) is 12.2 Å². The number of hydrogen-bond donors (Lipinski definition) is 1. The van der Waals surface area contributed by atoms with E-state index in [1.807, 2.05) is 43.4 Å². The van der Waals surface area contributed by atoms with Gasteiger partial charge in [-0.25, -0.2) is 14.6 Å². The van der Waals surface area contributed by atoms with Crippen LogP contribution in [0.4, 0.5) is 10.5 Å². The normalized spacial score (nSPS) is 15.1. The van der Waals surface area contributed by atoms with Crippen molar-refractivity contribution in [2.45, 2.75) is 25.4 Å². The molecule has 1 aliphatic rings. The molecule has 6 heteroatoms. The van der Waals surface area contributed by atoms with Gasteiger partial charge in [-0.3, -0.25) is 4.57 Å². The first-order valence-corrected chi connectivity index (χ1v) is 9.34. The maximum atomic E-state index is 12.8. The maximum absolute atomic E-state index is 12.8. The van der Waals surface area contributed by atoms with Crippen LogP contribution in [0.1, 0.15) is 29.2 Å². The van der Waals surface area contributed by atoms with E-state index in [-0.39, 0.29) is 17.8 Å². The van der Waals surface area contributed by atoms with Crippen LogP contribution in [0.2, 0.25) is 0 Å². The number of aryl methyl sites for hydroxylation is 1. The van der Waals surface area contributed by atoms with Gasteiger partial charge in [0, 0.05) is 25.1 Å². The van der Waals surface area contributed by atoms with Crippen LogP contribution >= 0.6 is 0 Å². The van der Waals surface area contributed by atoms with E-state index in [2.05, 4.69) is 22.4 Å². The minimum Gasteiger partial charge on any atom is -0.321 e. The topological polar surface area (TPSA) is 67.2 Å². The average Bonchev–Trinajstić information content (AvgIpc) is 3.13. The Kier molecular flexibility index (Phi) is 4.93. The van der Waals surface area contributed by atoms with E-state index < -0.39 is 0 Å². The van der Waals surface area contributed by atoms with Crippen molar-refractivity contribution in [2.75, 3.05) is 12.4 Å². The second-order valence-electron chi connectivity index (χ2n) is 7.02. The monoisotopic (exact) mass is 374 g/mol. The van der Waals surface area contributed by atoms with Crippen LogP contribution in [0.25, 0.3) is 0 Å². The standard InChI is InChI=1S/C22H22N4O2/c1-25(20-11-10-17-7-2-3-9-19(17)20)22(28)24-18-8-4-6-16(14-18)15-26-13-5-12-23-21(26)27/h2-9,12-14,20H,10-11,15H2,1H3,(H,24,28)/t20-/m1/s1. The fraction of sp³-hybridized carbons (Fsp3) is 0.227. The molecule has 1 aromatic heterocycles. The van der Waals surface area contributed by atoms with Crippen molar-refractivity contribution in [3.8, 4) is 0 Å². The van der Waals surface area contributed by atoms with Crippen molar-refractivity contribution in [1.82, 2.24) is 14.5 Å². The molecule has 28 heavy (non-hydrogen) atoms. The van der Waals surface area contributed by atoms with Crippen LogP contribution < -0.4 is 11.0 Å². The van der Waals surface area contributed by atoms with Gasteiger partial charge < -0.3 is 10.2 Å². The van der Waals surface area contributed by atoms with E-state index in [1.165, 1.54) is 21.9 Å². The van der Waals surface area contributed by atoms with Gasteiger partial charge >= 0.3 is 11.7 Å². The van der Waals surface area contributed by atoms with Crippen LogP contribution in [0.5, 0.6) is 0 Å². The summed E-state index contributed by atoms with van der Waals surface area (Å²) >= 11 is 0. The predicted octanol–water partition coefficient (Wildman–Crippen LogP) is 3.44. The molecule has 142 valence electrons. The number of aromatic nitrogens is 2. The highest BCUT2D eigenvalue weighted by atomic mass is 16.2. The smallest absolute Gasteiger partial charge is 0.321 e. The molecule has 1 aliphatic carbocycles. The third kappa shape index (κ3) is 3.67. The van der Waals surface area contributed by atoms with Gasteiger partial charge in [-0.05, 0) is 47.7 Å². The third-order valence-electron chi connectivity index (χ3n) is 5.20. The number of fused-ring (bicyclic) bond motifs is 1. The molecule has 0 spiro atoms. The lowest BCUT2D eigenvalue weighted by molar-refractivity contribution is 0.204. The molecule has 3 aromatic rings. The number of amides is 2. The molecule has 1 atom stereocenters. The van der Waals surface area contributed by atoms with Gasteiger partial charge in [-0.1, -0.05) is 36.4 Å². The summed E-state index contributed by atoms with van der Waals surface area (Å²) in [7, 11) is 1.83. The van der Waals surface area contributed by atoms with E-state index in [4.69, 9.17) is 0 Å². The van der Waals surface area contributed by atoms with Crippen molar-refractivity contribution in [3.05, 3.63) is 94.2 Å². The Balaban J connectivity index is 1.46. The van der Waals surface area contributed by atoms with Gasteiger partial charge in [-0.15, -0.1) is 0 Å². The summed E-state index contributed by atoms with van der Waals surface area (Å²) < 4.78 is 1.53. The second kappa shape index (κ2) is 7.68. The highest BCUT2D eigenvalue weighted by molar-refractivity contribution is 5.89. The molecule has 1 heterocycles. The minimum atomic E-state index is -0.295. The molecule has 0 fully saturated rings. The van der Waals surface area contributed by atoms with Gasteiger partial charge in [0.2, 0.25) is 0 Å². The number of nitrogens with one attached hydrogen (secondary N) is 1. The van der Waals surface area contributed by atoms with E-state index in [0.717, 1.165) is 18.4 Å². The molecule has 6 nitrogen and oxygen atoms in total. The summed E-state index contributed by atoms with van der Waals surface area (Å²) in [4.78, 5) is 30.1. The van der Waals surface area contributed by atoms with Crippen molar-refractivity contribution in [1.29, 1.82) is 0 Å². The van der Waals surface area contributed by atoms with E-state index >= 15 is 0 Å². The highest BCUT2D eigenvalue weighted by Crippen LogP contribution is 2.35. The van der Waals surface area contributed by atoms with E-state index in [1.54, 1.807) is 17.2 Å². The largest absolute Gasteiger partial charge is 0.347 e. The number of carbonyl (C=O) groups excluding carboxylic acids is 1. The van der Waals surface area contributed by atoms with Gasteiger partial charge in [0.25, 0.3) is 0 Å². The second-order valence-corrected chi connectivity index (χ2v) is 7.02. The number of nitrogens with zero attached hydrogens (tertiary/aromatic N) is 3. The van der Waals surface area contributed by atoms with Crippen molar-refractivity contribution in [2.24, 2.45) is 0 Å². The third-order valence-corrected chi connectivity index (χ3v) is 5.20. The van der Waals surface area contributed by atoms with Crippen molar-refractivity contribution in [3.63, 3.8) is 0 Å². The number of urea groups is 1. The molecule has 0 radical (unpaired) electrons. The maximum Gasteiger partial charge on any atom is 0.347 e. The minimum absolute atomic E-state index is 0.0911. The Morgan fingerprint density at radius 3 is 2.93 bits per heavy atom. The number of benzene rings is 2. The van der Waals surface area contributed by atoms with Crippen LogP contribution in [-0.4, -0.2) is 27.5 Å². The lowest BCUT2D eigenvalue weighted by Crippen LogP contribution is -2.34. The van der Waals surface area contributed by atoms with E-state index in [9.17, 15) is 9.59 Å². The summed E-state index contributed by atoms with van der Waals surface area (Å²) in [6, 6.07) is 17.5. The van der Waals surface area contributed by atoms with Gasteiger partial charge in [0.1, 0.15) is 0 Å². The molecule has 0 bridgehead atoms. The first-order valence-electron chi connectivity index (χ1n) is 9.34. The summed E-state index contributed by atoms with van der Waals surface area (Å²) in [5.41, 5.74) is 3.87.